The van der Waals surface area contributed by atoms with E-state index in [1.165, 1.54) is 5.56 Å². The molecule has 0 aliphatic heterocycles. The molecule has 1 heterocycles. The van der Waals surface area contributed by atoms with Crippen LogP contribution in [0.25, 0.3) is 0 Å². The largest absolute Gasteiger partial charge is 0.496 e. The molecule has 0 fully saturated rings. The normalized spacial score (nSPS) is 10.4. The number of hydrogen-bond donors (Lipinski definition) is 2. The fourth-order valence-electron chi connectivity index (χ4n) is 2.26. The third-order valence-electron chi connectivity index (χ3n) is 3.34. The fraction of sp³-hybridized carbons (Fsp3) is 0.412. The summed E-state index contributed by atoms with van der Waals surface area (Å²) in [5.74, 6) is 3.25. The van der Waals surface area contributed by atoms with Gasteiger partial charge in [0.2, 0.25) is 0 Å². The molecule has 0 bridgehead atoms. The van der Waals surface area contributed by atoms with Crippen molar-refractivity contribution in [2.45, 2.75) is 13.3 Å². The van der Waals surface area contributed by atoms with Gasteiger partial charge in [-0.3, -0.25) is 0 Å². The first kappa shape index (κ1) is 17.0. The van der Waals surface area contributed by atoms with E-state index in [2.05, 4.69) is 26.7 Å². The molecule has 0 atom stereocenters. The van der Waals surface area contributed by atoms with Gasteiger partial charge >= 0.3 is 0 Å². The van der Waals surface area contributed by atoms with E-state index in [0.29, 0.717) is 13.2 Å². The SMILES string of the molecule is COCCNc1cc(NCCc2ccccc2OC)nc(C)n1. The van der Waals surface area contributed by atoms with Gasteiger partial charge in [0.05, 0.1) is 13.7 Å². The standard InChI is InChI=1S/C17H24N4O2/c1-13-20-16(12-17(21-13)19-10-11-22-2)18-9-8-14-6-4-5-7-15(14)23-3/h4-7,12H,8-11H2,1-3H3,(H2,18,19,20,21). The Balaban J connectivity index is 1.92. The quantitative estimate of drug-likeness (QED) is 0.693. The Morgan fingerprint density at radius 1 is 1.00 bits per heavy atom. The molecule has 2 rings (SSSR count). The van der Waals surface area contributed by atoms with Crippen LogP contribution in [0.4, 0.5) is 11.6 Å². The fourth-order valence-corrected chi connectivity index (χ4v) is 2.26. The van der Waals surface area contributed by atoms with Crippen LogP contribution >= 0.6 is 0 Å². The number of para-hydroxylation sites is 1. The van der Waals surface area contributed by atoms with Crippen molar-refractivity contribution in [1.29, 1.82) is 0 Å². The number of ether oxygens (including phenoxy) is 2. The van der Waals surface area contributed by atoms with Crippen molar-refractivity contribution >= 4 is 11.6 Å². The highest BCUT2D eigenvalue weighted by atomic mass is 16.5. The Bertz CT molecular complexity index is 619. The van der Waals surface area contributed by atoms with Crippen molar-refractivity contribution < 1.29 is 9.47 Å². The van der Waals surface area contributed by atoms with Crippen LogP contribution in [0, 0.1) is 6.92 Å². The monoisotopic (exact) mass is 316 g/mol. The van der Waals surface area contributed by atoms with Crippen molar-refractivity contribution in [3.8, 4) is 5.75 Å². The lowest BCUT2D eigenvalue weighted by atomic mass is 10.1. The van der Waals surface area contributed by atoms with Crippen LogP contribution in [-0.2, 0) is 11.2 Å². The molecule has 124 valence electrons. The molecule has 6 nitrogen and oxygen atoms in total. The van der Waals surface area contributed by atoms with Crippen molar-refractivity contribution in [3.05, 3.63) is 41.7 Å². The van der Waals surface area contributed by atoms with Crippen molar-refractivity contribution in [2.24, 2.45) is 0 Å². The van der Waals surface area contributed by atoms with Gasteiger partial charge in [-0.15, -0.1) is 0 Å². The first-order valence-corrected chi connectivity index (χ1v) is 7.67. The maximum atomic E-state index is 5.37. The molecule has 1 aromatic carbocycles. The van der Waals surface area contributed by atoms with Gasteiger partial charge in [0, 0.05) is 26.3 Å². The number of nitrogens with one attached hydrogen (secondary N) is 2. The van der Waals surface area contributed by atoms with E-state index >= 15 is 0 Å². The number of hydrogen-bond acceptors (Lipinski definition) is 6. The van der Waals surface area contributed by atoms with Gasteiger partial charge in [0.25, 0.3) is 0 Å². The average molecular weight is 316 g/mol. The maximum Gasteiger partial charge on any atom is 0.131 e. The highest BCUT2D eigenvalue weighted by Gasteiger charge is 2.04. The molecule has 0 spiro atoms. The summed E-state index contributed by atoms with van der Waals surface area (Å²) in [6, 6.07) is 9.95. The molecule has 0 aliphatic rings. The molecule has 0 aliphatic carbocycles. The minimum absolute atomic E-state index is 0.639. The molecule has 2 N–H and O–H groups in total. The molecule has 0 unspecified atom stereocenters. The highest BCUT2D eigenvalue weighted by Crippen LogP contribution is 2.18. The van der Waals surface area contributed by atoms with Crippen molar-refractivity contribution in [2.75, 3.05) is 44.5 Å². The van der Waals surface area contributed by atoms with Crippen LogP contribution in [0.2, 0.25) is 0 Å². The lowest BCUT2D eigenvalue weighted by Gasteiger charge is -2.11. The summed E-state index contributed by atoms with van der Waals surface area (Å²) < 4.78 is 10.4. The predicted octanol–water partition coefficient (Wildman–Crippen LogP) is 2.51. The van der Waals surface area contributed by atoms with Gasteiger partial charge in [0.15, 0.2) is 0 Å². The summed E-state index contributed by atoms with van der Waals surface area (Å²) in [5.41, 5.74) is 1.17. The Kier molecular flexibility index (Phi) is 6.62. The van der Waals surface area contributed by atoms with Gasteiger partial charge in [-0.2, -0.15) is 0 Å². The number of anilines is 2. The Morgan fingerprint density at radius 2 is 1.70 bits per heavy atom. The molecule has 2 aromatic rings. The zero-order valence-electron chi connectivity index (χ0n) is 13.9. The van der Waals surface area contributed by atoms with Crippen LogP contribution in [0.1, 0.15) is 11.4 Å². The predicted molar refractivity (Wildman–Crippen MR) is 92.3 cm³/mol. The number of methoxy groups -OCH3 is 2. The van der Waals surface area contributed by atoms with Gasteiger partial charge in [-0.05, 0) is 25.0 Å². The number of rotatable bonds is 9. The average Bonchev–Trinajstić information content (AvgIpc) is 2.55. The lowest BCUT2D eigenvalue weighted by molar-refractivity contribution is 0.210. The van der Waals surface area contributed by atoms with E-state index < -0.39 is 0 Å². The third kappa shape index (κ3) is 5.41. The Labute approximate surface area is 137 Å². The molecule has 1 aromatic heterocycles. The van der Waals surface area contributed by atoms with Gasteiger partial charge in [-0.25, -0.2) is 9.97 Å². The second kappa shape index (κ2) is 8.95. The van der Waals surface area contributed by atoms with E-state index in [1.54, 1.807) is 14.2 Å². The molecule has 23 heavy (non-hydrogen) atoms. The van der Waals surface area contributed by atoms with Gasteiger partial charge < -0.3 is 20.1 Å². The molecular weight excluding hydrogens is 292 g/mol. The summed E-state index contributed by atoms with van der Waals surface area (Å²) in [5, 5.41) is 6.56. The van der Waals surface area contributed by atoms with Crippen LogP contribution in [0.3, 0.4) is 0 Å². The van der Waals surface area contributed by atoms with E-state index in [1.807, 2.05) is 31.2 Å². The highest BCUT2D eigenvalue weighted by molar-refractivity contribution is 5.47. The lowest BCUT2D eigenvalue weighted by Crippen LogP contribution is -2.12. The van der Waals surface area contributed by atoms with Crippen LogP contribution in [0.15, 0.2) is 30.3 Å². The third-order valence-corrected chi connectivity index (χ3v) is 3.34. The molecule has 0 saturated carbocycles. The van der Waals surface area contributed by atoms with E-state index in [0.717, 1.165) is 36.2 Å². The minimum Gasteiger partial charge on any atom is -0.496 e. The molecule has 0 amide bonds. The van der Waals surface area contributed by atoms with E-state index in [9.17, 15) is 0 Å². The number of aromatic nitrogens is 2. The number of benzene rings is 1. The number of nitrogens with zero attached hydrogens (tertiary/aromatic N) is 2. The molecule has 0 radical (unpaired) electrons. The van der Waals surface area contributed by atoms with Crippen molar-refractivity contribution in [3.63, 3.8) is 0 Å². The first-order chi connectivity index (χ1) is 11.2. The van der Waals surface area contributed by atoms with Crippen molar-refractivity contribution in [1.82, 2.24) is 9.97 Å². The maximum absolute atomic E-state index is 5.37. The van der Waals surface area contributed by atoms with E-state index in [-0.39, 0.29) is 0 Å². The zero-order valence-corrected chi connectivity index (χ0v) is 13.9. The minimum atomic E-state index is 0.639. The Morgan fingerprint density at radius 3 is 2.39 bits per heavy atom. The second-order valence-electron chi connectivity index (χ2n) is 5.09. The summed E-state index contributed by atoms with van der Waals surface area (Å²) in [4.78, 5) is 8.77. The summed E-state index contributed by atoms with van der Waals surface area (Å²) in [7, 11) is 3.37. The summed E-state index contributed by atoms with van der Waals surface area (Å²) >= 11 is 0. The van der Waals surface area contributed by atoms with Crippen LogP contribution in [-0.4, -0.2) is 43.9 Å². The second-order valence-corrected chi connectivity index (χ2v) is 5.09. The molecular formula is C17H24N4O2. The topological polar surface area (TPSA) is 68.3 Å². The summed E-state index contributed by atoms with van der Waals surface area (Å²) in [6.45, 7) is 4.01. The van der Waals surface area contributed by atoms with Crippen LogP contribution in [0.5, 0.6) is 5.75 Å². The number of aryl methyl sites for hydroxylation is 1. The Hall–Kier alpha value is -2.34. The smallest absolute Gasteiger partial charge is 0.131 e. The van der Waals surface area contributed by atoms with Gasteiger partial charge in [0.1, 0.15) is 23.2 Å². The van der Waals surface area contributed by atoms with Crippen LogP contribution < -0.4 is 15.4 Å². The summed E-state index contributed by atoms with van der Waals surface area (Å²) in [6.07, 6.45) is 0.861. The van der Waals surface area contributed by atoms with E-state index in [4.69, 9.17) is 9.47 Å². The van der Waals surface area contributed by atoms with Gasteiger partial charge in [-0.1, -0.05) is 18.2 Å². The molecule has 0 saturated heterocycles. The zero-order chi connectivity index (χ0) is 16.5. The first-order valence-electron chi connectivity index (χ1n) is 7.67. The molecule has 6 heteroatoms.